The molecule has 1 aromatic carbocycles. The first kappa shape index (κ1) is 12.6. The van der Waals surface area contributed by atoms with Crippen LogP contribution in [0, 0.1) is 11.2 Å². The van der Waals surface area contributed by atoms with Crippen LogP contribution in [0.25, 0.3) is 11.1 Å². The van der Waals surface area contributed by atoms with Crippen LogP contribution in [0.15, 0.2) is 22.6 Å². The summed E-state index contributed by atoms with van der Waals surface area (Å²) in [7, 11) is 0. The third-order valence-electron chi connectivity index (χ3n) is 3.88. The molecule has 2 heterocycles. The zero-order valence-electron chi connectivity index (χ0n) is 11.0. The third-order valence-corrected chi connectivity index (χ3v) is 3.88. The zero-order valence-corrected chi connectivity index (χ0v) is 11.0. The largest absolute Gasteiger partial charge is 0.439 e. The molecule has 19 heavy (non-hydrogen) atoms. The van der Waals surface area contributed by atoms with E-state index in [1.165, 1.54) is 12.1 Å². The van der Waals surface area contributed by atoms with Crippen molar-refractivity contribution in [2.45, 2.75) is 19.9 Å². The number of halogens is 1. The zero-order chi connectivity index (χ0) is 13.5. The number of benzene rings is 1. The maximum Gasteiger partial charge on any atom is 0.209 e. The van der Waals surface area contributed by atoms with E-state index in [4.69, 9.17) is 10.2 Å². The molecule has 1 fully saturated rings. The summed E-state index contributed by atoms with van der Waals surface area (Å²) < 4.78 is 18.7. The van der Waals surface area contributed by atoms with Crippen LogP contribution in [-0.2, 0) is 6.54 Å². The molecule has 1 aromatic heterocycles. The Balaban J connectivity index is 1.75. The van der Waals surface area contributed by atoms with Crippen molar-refractivity contribution in [2.75, 3.05) is 19.6 Å². The second-order valence-electron chi connectivity index (χ2n) is 5.70. The lowest BCUT2D eigenvalue weighted by molar-refractivity contribution is 0.254. The van der Waals surface area contributed by atoms with Gasteiger partial charge in [0.25, 0.3) is 0 Å². The number of nitrogens with two attached hydrogens (primary N) is 1. The summed E-state index contributed by atoms with van der Waals surface area (Å²) in [4.78, 5) is 6.67. The SMILES string of the molecule is CC1(CN)CCN(Cc2nc3ccc(F)cc3o2)C1. The molecule has 1 atom stereocenters. The van der Waals surface area contributed by atoms with Gasteiger partial charge in [0.05, 0.1) is 6.54 Å². The quantitative estimate of drug-likeness (QED) is 0.921. The van der Waals surface area contributed by atoms with Gasteiger partial charge in [0.1, 0.15) is 11.3 Å². The molecular formula is C14H18FN3O. The summed E-state index contributed by atoms with van der Waals surface area (Å²) in [6.07, 6.45) is 1.10. The number of aromatic nitrogens is 1. The van der Waals surface area contributed by atoms with Gasteiger partial charge in [-0.25, -0.2) is 9.37 Å². The molecule has 1 aliphatic heterocycles. The molecule has 1 unspecified atom stereocenters. The summed E-state index contributed by atoms with van der Waals surface area (Å²) in [5.74, 6) is 0.342. The van der Waals surface area contributed by atoms with Crippen molar-refractivity contribution in [2.24, 2.45) is 11.1 Å². The Labute approximate surface area is 111 Å². The van der Waals surface area contributed by atoms with Crippen LogP contribution in [0.2, 0.25) is 0 Å². The third kappa shape index (κ3) is 2.48. The highest BCUT2D eigenvalue weighted by atomic mass is 19.1. The number of rotatable bonds is 3. The molecular weight excluding hydrogens is 245 g/mol. The molecule has 0 bridgehead atoms. The highest BCUT2D eigenvalue weighted by Crippen LogP contribution is 2.29. The topological polar surface area (TPSA) is 55.3 Å². The Bertz CT molecular complexity index is 597. The molecule has 4 nitrogen and oxygen atoms in total. The monoisotopic (exact) mass is 263 g/mol. The molecule has 5 heteroatoms. The lowest BCUT2D eigenvalue weighted by Crippen LogP contribution is -2.31. The Morgan fingerprint density at radius 3 is 3.11 bits per heavy atom. The van der Waals surface area contributed by atoms with Gasteiger partial charge in [-0.2, -0.15) is 0 Å². The van der Waals surface area contributed by atoms with E-state index >= 15 is 0 Å². The maximum atomic E-state index is 13.1. The summed E-state index contributed by atoms with van der Waals surface area (Å²) >= 11 is 0. The normalized spacial score (nSPS) is 24.4. The van der Waals surface area contributed by atoms with Gasteiger partial charge in [0.15, 0.2) is 5.58 Å². The molecule has 1 saturated heterocycles. The van der Waals surface area contributed by atoms with Crippen molar-refractivity contribution in [1.82, 2.24) is 9.88 Å². The second-order valence-corrected chi connectivity index (χ2v) is 5.70. The van der Waals surface area contributed by atoms with Gasteiger partial charge in [-0.05, 0) is 37.1 Å². The fourth-order valence-electron chi connectivity index (χ4n) is 2.63. The van der Waals surface area contributed by atoms with Crippen molar-refractivity contribution < 1.29 is 8.81 Å². The van der Waals surface area contributed by atoms with Gasteiger partial charge in [-0.1, -0.05) is 6.92 Å². The predicted molar refractivity (Wildman–Crippen MR) is 71.0 cm³/mol. The number of fused-ring (bicyclic) bond motifs is 1. The molecule has 2 N–H and O–H groups in total. The Hall–Kier alpha value is -1.46. The molecule has 0 aliphatic carbocycles. The first-order valence-corrected chi connectivity index (χ1v) is 6.55. The Morgan fingerprint density at radius 2 is 2.37 bits per heavy atom. The van der Waals surface area contributed by atoms with Crippen molar-refractivity contribution >= 4 is 11.1 Å². The number of hydrogen-bond donors (Lipinski definition) is 1. The maximum absolute atomic E-state index is 13.1. The highest BCUT2D eigenvalue weighted by molar-refractivity contribution is 5.72. The van der Waals surface area contributed by atoms with E-state index in [1.807, 2.05) is 0 Å². The average Bonchev–Trinajstić information content (AvgIpc) is 2.93. The summed E-state index contributed by atoms with van der Waals surface area (Å²) in [6.45, 7) is 5.51. The number of hydrogen-bond acceptors (Lipinski definition) is 4. The second kappa shape index (κ2) is 4.58. The van der Waals surface area contributed by atoms with E-state index in [1.54, 1.807) is 6.07 Å². The van der Waals surface area contributed by atoms with E-state index in [0.29, 0.717) is 30.1 Å². The molecule has 3 rings (SSSR count). The fourth-order valence-corrected chi connectivity index (χ4v) is 2.63. The number of oxazole rings is 1. The Kier molecular flexibility index (Phi) is 3.03. The van der Waals surface area contributed by atoms with Crippen molar-refractivity contribution in [3.8, 4) is 0 Å². The van der Waals surface area contributed by atoms with Crippen LogP contribution in [-0.4, -0.2) is 29.5 Å². The van der Waals surface area contributed by atoms with Crippen LogP contribution < -0.4 is 5.73 Å². The van der Waals surface area contributed by atoms with Crippen molar-refractivity contribution in [3.63, 3.8) is 0 Å². The minimum absolute atomic E-state index is 0.193. The van der Waals surface area contributed by atoms with E-state index in [2.05, 4.69) is 16.8 Å². The van der Waals surface area contributed by atoms with E-state index < -0.39 is 0 Å². The number of nitrogens with zero attached hydrogens (tertiary/aromatic N) is 2. The van der Waals surface area contributed by atoms with Gasteiger partial charge in [0.2, 0.25) is 5.89 Å². The van der Waals surface area contributed by atoms with Crippen LogP contribution in [0.3, 0.4) is 0 Å². The first-order valence-electron chi connectivity index (χ1n) is 6.55. The molecule has 0 amide bonds. The lowest BCUT2D eigenvalue weighted by atomic mass is 9.90. The first-order chi connectivity index (χ1) is 9.08. The fraction of sp³-hybridized carbons (Fsp3) is 0.500. The van der Waals surface area contributed by atoms with Gasteiger partial charge in [-0.3, -0.25) is 4.90 Å². The van der Waals surface area contributed by atoms with Crippen LogP contribution in [0.1, 0.15) is 19.2 Å². The minimum Gasteiger partial charge on any atom is -0.439 e. The van der Waals surface area contributed by atoms with Crippen LogP contribution >= 0.6 is 0 Å². The lowest BCUT2D eigenvalue weighted by Gasteiger charge is -2.21. The predicted octanol–water partition coefficient (Wildman–Crippen LogP) is 2.14. The summed E-state index contributed by atoms with van der Waals surface area (Å²) in [6, 6.07) is 4.42. The van der Waals surface area contributed by atoms with Crippen LogP contribution in [0.5, 0.6) is 0 Å². The highest BCUT2D eigenvalue weighted by Gasteiger charge is 2.32. The Morgan fingerprint density at radius 1 is 1.53 bits per heavy atom. The van der Waals surface area contributed by atoms with E-state index in [0.717, 1.165) is 19.5 Å². The van der Waals surface area contributed by atoms with Crippen molar-refractivity contribution in [3.05, 3.63) is 29.9 Å². The summed E-state index contributed by atoms with van der Waals surface area (Å²) in [5.41, 5.74) is 7.20. The van der Waals surface area contributed by atoms with E-state index in [-0.39, 0.29) is 11.2 Å². The standard InChI is InChI=1S/C14H18FN3O/c1-14(8-16)4-5-18(9-14)7-13-17-11-3-2-10(15)6-12(11)19-13/h2-3,6H,4-5,7-9,16H2,1H3. The molecule has 2 aromatic rings. The van der Waals surface area contributed by atoms with Crippen LogP contribution in [0.4, 0.5) is 4.39 Å². The van der Waals surface area contributed by atoms with Gasteiger partial charge >= 0.3 is 0 Å². The average molecular weight is 263 g/mol. The molecule has 0 radical (unpaired) electrons. The number of likely N-dealkylation sites (tertiary alicyclic amines) is 1. The molecule has 102 valence electrons. The van der Waals surface area contributed by atoms with Crippen molar-refractivity contribution in [1.29, 1.82) is 0 Å². The van der Waals surface area contributed by atoms with Gasteiger partial charge < -0.3 is 10.2 Å². The smallest absolute Gasteiger partial charge is 0.209 e. The minimum atomic E-state index is -0.299. The molecule has 0 spiro atoms. The van der Waals surface area contributed by atoms with E-state index in [9.17, 15) is 4.39 Å². The molecule has 1 aliphatic rings. The molecule has 0 saturated carbocycles. The van der Waals surface area contributed by atoms with Gasteiger partial charge in [0, 0.05) is 12.6 Å². The summed E-state index contributed by atoms with van der Waals surface area (Å²) in [5, 5.41) is 0. The van der Waals surface area contributed by atoms with Gasteiger partial charge in [-0.15, -0.1) is 0 Å².